The van der Waals surface area contributed by atoms with E-state index in [9.17, 15) is 0 Å². The molecule has 2 rings (SSSR count). The summed E-state index contributed by atoms with van der Waals surface area (Å²) < 4.78 is 6.21. The van der Waals surface area contributed by atoms with E-state index in [1.165, 1.54) is 11.1 Å². The molecule has 1 aromatic carbocycles. The van der Waals surface area contributed by atoms with Crippen LogP contribution in [-0.4, -0.2) is 18.7 Å². The van der Waals surface area contributed by atoms with Gasteiger partial charge in [0.25, 0.3) is 0 Å². The Morgan fingerprint density at radius 1 is 1.19 bits per heavy atom. The summed E-state index contributed by atoms with van der Waals surface area (Å²) in [5, 5.41) is 3.37. The first-order valence-electron chi connectivity index (χ1n) is 6.06. The molecule has 1 aliphatic heterocycles. The van der Waals surface area contributed by atoms with Gasteiger partial charge in [-0.15, -0.1) is 0 Å². The van der Waals surface area contributed by atoms with Crippen molar-refractivity contribution in [3.63, 3.8) is 0 Å². The van der Waals surface area contributed by atoms with Gasteiger partial charge in [-0.1, -0.05) is 12.1 Å². The molecule has 2 nitrogen and oxygen atoms in total. The molecule has 2 heteroatoms. The van der Waals surface area contributed by atoms with Crippen LogP contribution >= 0.6 is 0 Å². The number of hydrogen-bond acceptors (Lipinski definition) is 2. The number of aryl methyl sites for hydroxylation is 2. The van der Waals surface area contributed by atoms with Crippen LogP contribution in [0, 0.1) is 13.8 Å². The molecule has 1 N–H and O–H groups in total. The van der Waals surface area contributed by atoms with Crippen molar-refractivity contribution in [3.8, 4) is 5.75 Å². The van der Waals surface area contributed by atoms with Gasteiger partial charge in [0.1, 0.15) is 11.4 Å². The minimum atomic E-state index is 0.00377. The Morgan fingerprint density at radius 2 is 1.88 bits per heavy atom. The largest absolute Gasteiger partial charge is 0.487 e. The fraction of sp³-hybridized carbons (Fsp3) is 0.571. The second-order valence-electron chi connectivity index (χ2n) is 5.07. The fourth-order valence-electron chi connectivity index (χ4n) is 2.14. The first kappa shape index (κ1) is 11.5. The predicted molar refractivity (Wildman–Crippen MR) is 67.1 cm³/mol. The Labute approximate surface area is 98.0 Å². The summed E-state index contributed by atoms with van der Waals surface area (Å²) in [5.41, 5.74) is 2.49. The standard InChI is InChI=1S/C14H21NO/c1-11-4-5-12(2)13(10-11)16-14(3)6-8-15-9-7-14/h4-5,10,15H,6-9H2,1-3H3. The third-order valence-electron chi connectivity index (χ3n) is 3.36. The number of rotatable bonds is 2. The summed E-state index contributed by atoms with van der Waals surface area (Å²) in [6.07, 6.45) is 2.17. The van der Waals surface area contributed by atoms with Crippen molar-refractivity contribution in [2.45, 2.75) is 39.2 Å². The summed E-state index contributed by atoms with van der Waals surface area (Å²) in [6.45, 7) is 8.55. The van der Waals surface area contributed by atoms with Crippen LogP contribution in [0.1, 0.15) is 30.9 Å². The van der Waals surface area contributed by atoms with Crippen molar-refractivity contribution in [2.75, 3.05) is 13.1 Å². The minimum absolute atomic E-state index is 0.00377. The van der Waals surface area contributed by atoms with Gasteiger partial charge in [-0.3, -0.25) is 0 Å². The quantitative estimate of drug-likeness (QED) is 0.826. The third kappa shape index (κ3) is 2.56. The van der Waals surface area contributed by atoms with Crippen molar-refractivity contribution in [2.24, 2.45) is 0 Å². The van der Waals surface area contributed by atoms with Gasteiger partial charge in [-0.25, -0.2) is 0 Å². The van der Waals surface area contributed by atoms with Crippen molar-refractivity contribution in [3.05, 3.63) is 29.3 Å². The third-order valence-corrected chi connectivity index (χ3v) is 3.36. The summed E-state index contributed by atoms with van der Waals surface area (Å²) in [6, 6.07) is 6.41. The van der Waals surface area contributed by atoms with Crippen LogP contribution in [0.15, 0.2) is 18.2 Å². The Morgan fingerprint density at radius 3 is 2.56 bits per heavy atom. The SMILES string of the molecule is Cc1ccc(C)c(OC2(C)CCNCC2)c1. The average molecular weight is 219 g/mol. The first-order chi connectivity index (χ1) is 7.59. The Balaban J connectivity index is 2.15. The lowest BCUT2D eigenvalue weighted by molar-refractivity contribution is 0.0548. The second-order valence-corrected chi connectivity index (χ2v) is 5.07. The number of ether oxygens (including phenoxy) is 1. The van der Waals surface area contributed by atoms with E-state index in [4.69, 9.17) is 4.74 Å². The molecule has 0 aliphatic carbocycles. The average Bonchev–Trinajstić information content (AvgIpc) is 2.24. The van der Waals surface area contributed by atoms with E-state index in [-0.39, 0.29) is 5.60 Å². The van der Waals surface area contributed by atoms with Crippen LogP contribution in [0.2, 0.25) is 0 Å². The molecule has 0 radical (unpaired) electrons. The van der Waals surface area contributed by atoms with Crippen LogP contribution in [0.25, 0.3) is 0 Å². The summed E-state index contributed by atoms with van der Waals surface area (Å²) in [4.78, 5) is 0. The highest BCUT2D eigenvalue weighted by Gasteiger charge is 2.28. The van der Waals surface area contributed by atoms with Crippen molar-refractivity contribution < 1.29 is 4.74 Å². The molecular formula is C14H21NO. The topological polar surface area (TPSA) is 21.3 Å². The van der Waals surface area contributed by atoms with Gasteiger partial charge in [-0.05, 0) is 63.9 Å². The molecule has 0 atom stereocenters. The van der Waals surface area contributed by atoms with Crippen molar-refractivity contribution in [1.29, 1.82) is 0 Å². The van der Waals surface area contributed by atoms with Crippen molar-refractivity contribution in [1.82, 2.24) is 5.32 Å². The van der Waals surface area contributed by atoms with E-state index in [1.807, 2.05) is 0 Å². The van der Waals surface area contributed by atoms with Crippen LogP contribution < -0.4 is 10.1 Å². The first-order valence-corrected chi connectivity index (χ1v) is 6.06. The maximum Gasteiger partial charge on any atom is 0.123 e. The number of hydrogen-bond donors (Lipinski definition) is 1. The van der Waals surface area contributed by atoms with E-state index in [0.29, 0.717) is 0 Å². The van der Waals surface area contributed by atoms with Gasteiger partial charge < -0.3 is 10.1 Å². The number of piperidine rings is 1. The summed E-state index contributed by atoms with van der Waals surface area (Å²) in [5.74, 6) is 1.05. The molecule has 1 heterocycles. The van der Waals surface area contributed by atoms with Crippen LogP contribution in [0.4, 0.5) is 0 Å². The molecule has 0 amide bonds. The smallest absolute Gasteiger partial charge is 0.123 e. The molecular weight excluding hydrogens is 198 g/mol. The molecule has 0 unspecified atom stereocenters. The number of nitrogens with one attached hydrogen (secondary N) is 1. The zero-order valence-electron chi connectivity index (χ0n) is 10.5. The minimum Gasteiger partial charge on any atom is -0.487 e. The van der Waals surface area contributed by atoms with Gasteiger partial charge in [0.2, 0.25) is 0 Å². The maximum absolute atomic E-state index is 6.21. The van der Waals surface area contributed by atoms with Crippen LogP contribution in [-0.2, 0) is 0 Å². The number of benzene rings is 1. The lowest BCUT2D eigenvalue weighted by Crippen LogP contribution is -2.43. The van der Waals surface area contributed by atoms with Gasteiger partial charge in [0.05, 0.1) is 0 Å². The molecule has 0 bridgehead atoms. The zero-order valence-corrected chi connectivity index (χ0v) is 10.5. The summed E-state index contributed by atoms with van der Waals surface area (Å²) in [7, 11) is 0. The summed E-state index contributed by atoms with van der Waals surface area (Å²) >= 11 is 0. The highest BCUT2D eigenvalue weighted by atomic mass is 16.5. The van der Waals surface area contributed by atoms with Crippen LogP contribution in [0.3, 0.4) is 0 Å². The van der Waals surface area contributed by atoms with Crippen LogP contribution in [0.5, 0.6) is 5.75 Å². The normalized spacial score (nSPS) is 19.4. The zero-order chi connectivity index (χ0) is 11.6. The molecule has 88 valence electrons. The van der Waals surface area contributed by atoms with E-state index < -0.39 is 0 Å². The van der Waals surface area contributed by atoms with E-state index in [2.05, 4.69) is 44.3 Å². The molecule has 0 aromatic heterocycles. The highest BCUT2D eigenvalue weighted by molar-refractivity contribution is 5.36. The Bertz CT molecular complexity index is 367. The highest BCUT2D eigenvalue weighted by Crippen LogP contribution is 2.28. The predicted octanol–water partition coefficient (Wildman–Crippen LogP) is 2.82. The molecule has 16 heavy (non-hydrogen) atoms. The maximum atomic E-state index is 6.21. The van der Waals surface area contributed by atoms with Gasteiger partial charge in [-0.2, -0.15) is 0 Å². The second kappa shape index (κ2) is 4.46. The van der Waals surface area contributed by atoms with E-state index >= 15 is 0 Å². The molecule has 1 saturated heterocycles. The van der Waals surface area contributed by atoms with Crippen molar-refractivity contribution >= 4 is 0 Å². The molecule has 1 aromatic rings. The molecule has 1 fully saturated rings. The lowest BCUT2D eigenvalue weighted by Gasteiger charge is -2.35. The van der Waals surface area contributed by atoms with E-state index in [0.717, 1.165) is 31.7 Å². The Hall–Kier alpha value is -1.02. The van der Waals surface area contributed by atoms with Gasteiger partial charge >= 0.3 is 0 Å². The lowest BCUT2D eigenvalue weighted by atomic mass is 9.94. The van der Waals surface area contributed by atoms with E-state index in [1.54, 1.807) is 0 Å². The fourth-order valence-corrected chi connectivity index (χ4v) is 2.14. The monoisotopic (exact) mass is 219 g/mol. The molecule has 1 aliphatic rings. The van der Waals surface area contributed by atoms with Gasteiger partial charge in [0.15, 0.2) is 0 Å². The van der Waals surface area contributed by atoms with Gasteiger partial charge in [0, 0.05) is 0 Å². The molecule has 0 spiro atoms. The Kier molecular flexibility index (Phi) is 3.20. The molecule has 0 saturated carbocycles.